The number of sulfone groups is 1. The Kier molecular flexibility index (Phi) is 5.40. The van der Waals surface area contributed by atoms with E-state index in [4.69, 9.17) is 0 Å². The van der Waals surface area contributed by atoms with Crippen LogP contribution < -0.4 is 4.72 Å². The second kappa shape index (κ2) is 7.64. The smallest absolute Gasteiger partial charge is 0.279 e. The topological polar surface area (TPSA) is 123 Å². The lowest BCUT2D eigenvalue weighted by Crippen LogP contribution is -2.13. The van der Waals surface area contributed by atoms with Crippen LogP contribution in [-0.4, -0.2) is 21.8 Å². The normalized spacial score (nSPS) is 11.8. The van der Waals surface area contributed by atoms with E-state index in [1.165, 1.54) is 42.5 Å². The van der Waals surface area contributed by atoms with E-state index >= 15 is 0 Å². The number of sulfonamides is 1. The van der Waals surface area contributed by atoms with Crippen LogP contribution in [0.2, 0.25) is 0 Å². The number of nitrogens with one attached hydrogen (secondary N) is 1. The predicted molar refractivity (Wildman–Crippen MR) is 107 cm³/mol. The first-order chi connectivity index (χ1) is 13.6. The number of nitro groups is 1. The monoisotopic (exact) mass is 432 g/mol. The molecule has 3 aromatic rings. The third kappa shape index (κ3) is 4.28. The zero-order chi connectivity index (χ0) is 21.2. The number of nitro benzene ring substituents is 1. The number of rotatable bonds is 6. The van der Waals surface area contributed by atoms with Crippen LogP contribution in [0.3, 0.4) is 0 Å². The van der Waals surface area contributed by atoms with Gasteiger partial charge in [0.25, 0.3) is 15.7 Å². The van der Waals surface area contributed by atoms with Gasteiger partial charge >= 0.3 is 0 Å². The second-order valence-electron chi connectivity index (χ2n) is 6.17. The van der Waals surface area contributed by atoms with Crippen molar-refractivity contribution in [1.29, 1.82) is 0 Å². The molecule has 3 rings (SSSR count). The molecule has 8 nitrogen and oxygen atoms in total. The molecule has 0 aromatic heterocycles. The average molecular weight is 432 g/mol. The molecule has 150 valence electrons. The standard InChI is InChI=1S/C19H16N2O6S2/c1-14-7-10-17(11-8-14)29(26,27)20-15-9-12-19(18(13-15)21(22)23)28(24,25)16-5-3-2-4-6-16/h2-13,20H,1H3. The maximum absolute atomic E-state index is 12.8. The van der Waals surface area contributed by atoms with Crippen LogP contribution in [0.1, 0.15) is 5.56 Å². The molecule has 10 heteroatoms. The Morgan fingerprint density at radius 3 is 2.03 bits per heavy atom. The molecule has 0 atom stereocenters. The van der Waals surface area contributed by atoms with Gasteiger partial charge in [0.2, 0.25) is 9.84 Å². The molecule has 0 amide bonds. The maximum atomic E-state index is 12.8. The lowest BCUT2D eigenvalue weighted by Gasteiger charge is -2.10. The number of hydrogen-bond donors (Lipinski definition) is 1. The Labute approximate surface area is 167 Å². The molecule has 0 unspecified atom stereocenters. The van der Waals surface area contributed by atoms with Crippen LogP contribution in [0.15, 0.2) is 87.5 Å². The van der Waals surface area contributed by atoms with Crippen molar-refractivity contribution in [3.05, 3.63) is 88.5 Å². The summed E-state index contributed by atoms with van der Waals surface area (Å²) in [4.78, 5) is 9.98. The van der Waals surface area contributed by atoms with Gasteiger partial charge in [0.15, 0.2) is 0 Å². The average Bonchev–Trinajstić information content (AvgIpc) is 2.68. The molecule has 0 saturated heterocycles. The van der Waals surface area contributed by atoms with E-state index < -0.39 is 35.4 Å². The van der Waals surface area contributed by atoms with E-state index in [9.17, 15) is 26.9 Å². The molecule has 0 saturated carbocycles. The summed E-state index contributed by atoms with van der Waals surface area (Å²) in [6, 6.07) is 16.4. The van der Waals surface area contributed by atoms with Gasteiger partial charge in [-0.2, -0.15) is 0 Å². The van der Waals surface area contributed by atoms with Gasteiger partial charge in [-0.25, -0.2) is 16.8 Å². The van der Waals surface area contributed by atoms with Gasteiger partial charge in [-0.3, -0.25) is 14.8 Å². The lowest BCUT2D eigenvalue weighted by molar-refractivity contribution is -0.387. The summed E-state index contributed by atoms with van der Waals surface area (Å²) < 4.78 is 52.8. The van der Waals surface area contributed by atoms with Gasteiger partial charge in [0.1, 0.15) is 4.90 Å². The van der Waals surface area contributed by atoms with Crippen LogP contribution >= 0.6 is 0 Å². The minimum atomic E-state index is -4.15. The molecule has 0 aliphatic carbocycles. The van der Waals surface area contributed by atoms with Gasteiger partial charge in [-0.15, -0.1) is 0 Å². The van der Waals surface area contributed by atoms with Crippen LogP contribution in [0.4, 0.5) is 11.4 Å². The van der Waals surface area contributed by atoms with Gasteiger partial charge < -0.3 is 0 Å². The van der Waals surface area contributed by atoms with Crippen molar-refractivity contribution in [1.82, 2.24) is 0 Å². The number of benzene rings is 3. The Morgan fingerprint density at radius 2 is 1.45 bits per heavy atom. The minimum Gasteiger partial charge on any atom is -0.279 e. The Morgan fingerprint density at radius 1 is 0.828 bits per heavy atom. The third-order valence-corrected chi connectivity index (χ3v) is 7.30. The second-order valence-corrected chi connectivity index (χ2v) is 9.78. The first-order valence-corrected chi connectivity index (χ1v) is 11.3. The van der Waals surface area contributed by atoms with Crippen molar-refractivity contribution < 1.29 is 21.8 Å². The first-order valence-electron chi connectivity index (χ1n) is 8.29. The highest BCUT2D eigenvalue weighted by atomic mass is 32.2. The van der Waals surface area contributed by atoms with E-state index in [2.05, 4.69) is 4.72 Å². The molecule has 0 fully saturated rings. The molecule has 0 aliphatic heterocycles. The van der Waals surface area contributed by atoms with Gasteiger partial charge in [0.05, 0.1) is 20.4 Å². The summed E-state index contributed by atoms with van der Waals surface area (Å²) in [5.41, 5.74) is 0.0253. The number of aryl methyl sites for hydroxylation is 1. The van der Waals surface area contributed by atoms with Crippen LogP contribution in [0, 0.1) is 17.0 Å². The highest BCUT2D eigenvalue weighted by Crippen LogP contribution is 2.32. The number of anilines is 1. The molecule has 0 bridgehead atoms. The van der Waals surface area contributed by atoms with Crippen molar-refractivity contribution in [3.63, 3.8) is 0 Å². The van der Waals surface area contributed by atoms with Crippen molar-refractivity contribution in [2.24, 2.45) is 0 Å². The van der Waals surface area contributed by atoms with E-state index in [-0.39, 0.29) is 15.5 Å². The highest BCUT2D eigenvalue weighted by Gasteiger charge is 2.28. The first kappa shape index (κ1) is 20.5. The molecule has 0 heterocycles. The summed E-state index contributed by atoms with van der Waals surface area (Å²) in [6.07, 6.45) is 0. The lowest BCUT2D eigenvalue weighted by atomic mass is 10.2. The van der Waals surface area contributed by atoms with E-state index in [1.807, 2.05) is 0 Å². The molecule has 29 heavy (non-hydrogen) atoms. The van der Waals surface area contributed by atoms with Crippen LogP contribution in [0.5, 0.6) is 0 Å². The zero-order valence-electron chi connectivity index (χ0n) is 15.1. The molecule has 1 N–H and O–H groups in total. The molecule has 0 radical (unpaired) electrons. The molecule has 3 aromatic carbocycles. The fourth-order valence-electron chi connectivity index (χ4n) is 2.61. The fourth-order valence-corrected chi connectivity index (χ4v) is 5.08. The van der Waals surface area contributed by atoms with Crippen molar-refractivity contribution in [3.8, 4) is 0 Å². The quantitative estimate of drug-likeness (QED) is 0.469. The number of hydrogen-bond acceptors (Lipinski definition) is 6. The molecule has 0 spiro atoms. The van der Waals surface area contributed by atoms with E-state index in [1.54, 1.807) is 25.1 Å². The Bertz CT molecular complexity index is 1270. The number of nitrogens with zero attached hydrogens (tertiary/aromatic N) is 1. The van der Waals surface area contributed by atoms with Crippen molar-refractivity contribution >= 4 is 31.2 Å². The maximum Gasteiger partial charge on any atom is 0.290 e. The van der Waals surface area contributed by atoms with Gasteiger partial charge in [-0.1, -0.05) is 35.9 Å². The van der Waals surface area contributed by atoms with E-state index in [0.29, 0.717) is 0 Å². The van der Waals surface area contributed by atoms with Gasteiger partial charge in [0, 0.05) is 6.07 Å². The third-order valence-electron chi connectivity index (χ3n) is 4.08. The summed E-state index contributed by atoms with van der Waals surface area (Å²) in [7, 11) is -8.15. The predicted octanol–water partition coefficient (Wildman–Crippen LogP) is 3.54. The largest absolute Gasteiger partial charge is 0.290 e. The fraction of sp³-hybridized carbons (Fsp3) is 0.0526. The minimum absolute atomic E-state index is 0.0215. The van der Waals surface area contributed by atoms with Crippen LogP contribution in [-0.2, 0) is 19.9 Å². The summed E-state index contributed by atoms with van der Waals surface area (Å²) in [5.74, 6) is 0. The van der Waals surface area contributed by atoms with Crippen molar-refractivity contribution in [2.45, 2.75) is 21.6 Å². The van der Waals surface area contributed by atoms with Crippen molar-refractivity contribution in [2.75, 3.05) is 4.72 Å². The SMILES string of the molecule is Cc1ccc(S(=O)(=O)Nc2ccc(S(=O)(=O)c3ccccc3)c([N+](=O)[O-])c2)cc1. The molecule has 0 aliphatic rings. The molecular formula is C19H16N2O6S2. The van der Waals surface area contributed by atoms with Crippen LogP contribution in [0.25, 0.3) is 0 Å². The summed E-state index contributed by atoms with van der Waals surface area (Å²) in [5, 5.41) is 11.5. The highest BCUT2D eigenvalue weighted by molar-refractivity contribution is 7.92. The summed E-state index contributed by atoms with van der Waals surface area (Å²) >= 11 is 0. The summed E-state index contributed by atoms with van der Waals surface area (Å²) in [6.45, 7) is 1.80. The molecular weight excluding hydrogens is 416 g/mol. The Balaban J connectivity index is 2.03. The Hall–Kier alpha value is -3.24. The van der Waals surface area contributed by atoms with E-state index in [0.717, 1.165) is 17.7 Å². The van der Waals surface area contributed by atoms with Gasteiger partial charge in [-0.05, 0) is 43.3 Å². The zero-order valence-corrected chi connectivity index (χ0v) is 16.8.